The normalized spacial score (nSPS) is 14.4. The Bertz CT molecular complexity index is 1900. The topological polar surface area (TPSA) is 71.3 Å². The van der Waals surface area contributed by atoms with Gasteiger partial charge in [-0.05, 0) is 89.7 Å². The second-order valence-corrected chi connectivity index (χ2v) is 11.1. The van der Waals surface area contributed by atoms with Gasteiger partial charge in [-0.15, -0.1) is 0 Å². The van der Waals surface area contributed by atoms with Crippen LogP contribution >= 0.6 is 0 Å². The number of carboxylic acid groups (broad SMARTS) is 1. The molecule has 2 N–H and O–H groups in total. The van der Waals surface area contributed by atoms with E-state index in [1.807, 2.05) is 0 Å². The number of carbonyl (C=O) groups is 2. The van der Waals surface area contributed by atoms with Crippen molar-refractivity contribution in [1.29, 1.82) is 0 Å². The molecule has 4 aromatic carbocycles. The number of hydrogen-bond donors (Lipinski definition) is 2. The van der Waals surface area contributed by atoms with Crippen LogP contribution in [-0.4, -0.2) is 21.6 Å². The van der Waals surface area contributed by atoms with E-state index in [1.165, 1.54) is 36.4 Å². The summed E-state index contributed by atoms with van der Waals surface area (Å²) in [4.78, 5) is 25.3. The first-order valence-electron chi connectivity index (χ1n) is 13.9. The van der Waals surface area contributed by atoms with Gasteiger partial charge in [0.05, 0.1) is 33.3 Å². The van der Waals surface area contributed by atoms with Gasteiger partial charge >= 0.3 is 18.3 Å². The van der Waals surface area contributed by atoms with Crippen molar-refractivity contribution in [3.63, 3.8) is 0 Å². The van der Waals surface area contributed by atoms with E-state index in [9.17, 15) is 41.0 Å². The quantitative estimate of drug-likeness (QED) is 0.179. The van der Waals surface area contributed by atoms with Crippen LogP contribution in [0.5, 0.6) is 0 Å². The number of halogens is 6. The second-order valence-electron chi connectivity index (χ2n) is 11.1. The van der Waals surface area contributed by atoms with Gasteiger partial charge in [0.1, 0.15) is 0 Å². The van der Waals surface area contributed by atoms with Crippen LogP contribution < -0.4 is 5.32 Å². The summed E-state index contributed by atoms with van der Waals surface area (Å²) in [6.45, 7) is 0.156. The third-order valence-corrected chi connectivity index (χ3v) is 8.07. The van der Waals surface area contributed by atoms with Gasteiger partial charge in [0.2, 0.25) is 0 Å². The molecule has 0 radical (unpaired) electrons. The van der Waals surface area contributed by atoms with Crippen molar-refractivity contribution in [3.8, 4) is 11.1 Å². The lowest BCUT2D eigenvalue weighted by Crippen LogP contribution is -2.35. The molecule has 1 amide bonds. The van der Waals surface area contributed by atoms with Crippen LogP contribution in [0.3, 0.4) is 0 Å². The molecule has 5 aromatic rings. The van der Waals surface area contributed by atoms with Gasteiger partial charge in [0.25, 0.3) is 5.91 Å². The molecule has 0 spiro atoms. The molecule has 6 rings (SSSR count). The molecule has 1 heterocycles. The maximum absolute atomic E-state index is 14.0. The third-order valence-electron chi connectivity index (χ3n) is 8.07. The Morgan fingerprint density at radius 1 is 0.756 bits per heavy atom. The van der Waals surface area contributed by atoms with Crippen LogP contribution in [0.1, 0.15) is 55.8 Å². The van der Waals surface area contributed by atoms with Gasteiger partial charge in [-0.1, -0.05) is 36.4 Å². The molecular weight excluding hydrogens is 598 g/mol. The highest BCUT2D eigenvalue weighted by Gasteiger charge is 2.46. The van der Waals surface area contributed by atoms with E-state index in [2.05, 4.69) is 5.32 Å². The van der Waals surface area contributed by atoms with Gasteiger partial charge in [-0.2, -0.15) is 26.3 Å². The molecule has 1 aromatic heterocycles. The summed E-state index contributed by atoms with van der Waals surface area (Å²) in [6, 6.07) is 20.6. The zero-order valence-corrected chi connectivity index (χ0v) is 23.3. The fourth-order valence-corrected chi connectivity index (χ4v) is 5.50. The minimum Gasteiger partial charge on any atom is -0.478 e. The first-order valence-corrected chi connectivity index (χ1v) is 13.9. The monoisotopic (exact) mass is 622 g/mol. The standard InChI is InChI=1S/C34H24F6N2O3/c35-33(36,37)26-7-1-20(2-8-26)19-42-16-13-23-17-24(21-3-11-27(12-4-21)34(38,39)40)18-28(29(23)42)30(43)41-32(14-15-32)25-9-5-22(6-10-25)31(44)45/h1-13,16-18H,14-15,19H2,(H,41,43)(H,44,45). The minimum atomic E-state index is -4.51. The summed E-state index contributed by atoms with van der Waals surface area (Å²) < 4.78 is 80.6. The number of rotatable bonds is 7. The van der Waals surface area contributed by atoms with Crippen molar-refractivity contribution in [3.05, 3.63) is 131 Å². The third kappa shape index (κ3) is 6.02. The lowest BCUT2D eigenvalue weighted by atomic mass is 9.97. The van der Waals surface area contributed by atoms with E-state index in [1.54, 1.807) is 41.1 Å². The first-order chi connectivity index (χ1) is 21.2. The van der Waals surface area contributed by atoms with Crippen LogP contribution in [-0.2, 0) is 24.4 Å². The van der Waals surface area contributed by atoms with Crippen LogP contribution in [0.2, 0.25) is 0 Å². The average molecular weight is 623 g/mol. The number of carboxylic acids is 1. The Morgan fingerprint density at radius 2 is 1.33 bits per heavy atom. The zero-order valence-electron chi connectivity index (χ0n) is 23.3. The molecule has 1 aliphatic rings. The van der Waals surface area contributed by atoms with Gasteiger partial charge in [0, 0.05) is 18.1 Å². The Hall–Kier alpha value is -5.06. The summed E-state index contributed by atoms with van der Waals surface area (Å²) in [5.41, 5.74) is 0.778. The van der Waals surface area contributed by atoms with Crippen LogP contribution in [0.4, 0.5) is 26.3 Å². The highest BCUT2D eigenvalue weighted by atomic mass is 19.4. The molecule has 45 heavy (non-hydrogen) atoms. The number of aromatic nitrogens is 1. The number of nitrogens with zero attached hydrogens (tertiary/aromatic N) is 1. The molecule has 230 valence electrons. The van der Waals surface area contributed by atoms with E-state index in [4.69, 9.17) is 0 Å². The number of benzene rings is 4. The van der Waals surface area contributed by atoms with Gasteiger partial charge in [-0.25, -0.2) is 4.79 Å². The molecule has 11 heteroatoms. The lowest BCUT2D eigenvalue weighted by Gasteiger charge is -2.20. The number of amides is 1. The van der Waals surface area contributed by atoms with Crippen molar-refractivity contribution in [2.45, 2.75) is 37.3 Å². The van der Waals surface area contributed by atoms with Crippen LogP contribution in [0, 0.1) is 0 Å². The van der Waals surface area contributed by atoms with E-state index >= 15 is 0 Å². The Balaban J connectivity index is 1.39. The molecule has 5 nitrogen and oxygen atoms in total. The number of alkyl halides is 6. The van der Waals surface area contributed by atoms with Gasteiger partial charge < -0.3 is 15.0 Å². The van der Waals surface area contributed by atoms with E-state index < -0.39 is 40.9 Å². The van der Waals surface area contributed by atoms with Crippen molar-refractivity contribution in [2.24, 2.45) is 0 Å². The summed E-state index contributed by atoms with van der Waals surface area (Å²) in [5, 5.41) is 12.9. The van der Waals surface area contributed by atoms with Crippen molar-refractivity contribution < 1.29 is 41.0 Å². The van der Waals surface area contributed by atoms with E-state index in [-0.39, 0.29) is 17.7 Å². The summed E-state index contributed by atoms with van der Waals surface area (Å²) in [7, 11) is 0. The molecule has 0 atom stereocenters. The predicted octanol–water partition coefficient (Wildman–Crippen LogP) is 8.51. The zero-order chi connectivity index (χ0) is 32.1. The summed E-state index contributed by atoms with van der Waals surface area (Å²) in [5.74, 6) is -1.53. The van der Waals surface area contributed by atoms with Crippen molar-refractivity contribution >= 4 is 22.8 Å². The molecule has 0 bridgehead atoms. The highest BCUT2D eigenvalue weighted by molar-refractivity contribution is 6.08. The highest BCUT2D eigenvalue weighted by Crippen LogP contribution is 2.46. The number of fused-ring (bicyclic) bond motifs is 1. The predicted molar refractivity (Wildman–Crippen MR) is 155 cm³/mol. The van der Waals surface area contributed by atoms with Gasteiger partial charge in [0.15, 0.2) is 0 Å². The lowest BCUT2D eigenvalue weighted by molar-refractivity contribution is -0.138. The van der Waals surface area contributed by atoms with E-state index in [0.29, 0.717) is 40.4 Å². The smallest absolute Gasteiger partial charge is 0.416 e. The SMILES string of the molecule is O=C(O)c1ccc(C2(NC(=O)c3cc(-c4ccc(C(F)(F)F)cc4)cc4ccn(Cc5ccc(C(F)(F)F)cc5)c34)CC2)cc1. The molecular formula is C34H24F6N2O3. The van der Waals surface area contributed by atoms with Crippen molar-refractivity contribution in [2.75, 3.05) is 0 Å². The Morgan fingerprint density at radius 3 is 1.87 bits per heavy atom. The molecule has 0 saturated heterocycles. The van der Waals surface area contributed by atoms with E-state index in [0.717, 1.165) is 29.8 Å². The summed E-state index contributed by atoms with van der Waals surface area (Å²) in [6.07, 6.45) is -6.07. The average Bonchev–Trinajstić information content (AvgIpc) is 3.67. The Labute approximate surface area is 252 Å². The number of nitrogens with one attached hydrogen (secondary N) is 1. The largest absolute Gasteiger partial charge is 0.478 e. The van der Waals surface area contributed by atoms with Crippen LogP contribution in [0.15, 0.2) is 97.2 Å². The van der Waals surface area contributed by atoms with Crippen molar-refractivity contribution in [1.82, 2.24) is 9.88 Å². The number of aromatic carboxylic acids is 1. The Kier molecular flexibility index (Phi) is 7.22. The molecule has 1 fully saturated rings. The molecule has 0 unspecified atom stereocenters. The van der Waals surface area contributed by atoms with Crippen LogP contribution in [0.25, 0.3) is 22.0 Å². The maximum Gasteiger partial charge on any atom is 0.416 e. The number of hydrogen-bond acceptors (Lipinski definition) is 2. The second kappa shape index (κ2) is 10.8. The molecule has 1 saturated carbocycles. The first kappa shape index (κ1) is 30.0. The fourth-order valence-electron chi connectivity index (χ4n) is 5.50. The van der Waals surface area contributed by atoms with Gasteiger partial charge in [-0.3, -0.25) is 4.79 Å². The molecule has 1 aliphatic carbocycles. The molecule has 0 aliphatic heterocycles. The summed E-state index contributed by atoms with van der Waals surface area (Å²) >= 11 is 0. The number of carbonyl (C=O) groups excluding carboxylic acids is 1. The minimum absolute atomic E-state index is 0.105. The fraction of sp³-hybridized carbons (Fsp3) is 0.176. The maximum atomic E-state index is 14.0.